The number of carbonyl (C=O) groups excluding carboxylic acids is 1. The van der Waals surface area contributed by atoms with Crippen LogP contribution in [0.1, 0.15) is 19.8 Å². The topological polar surface area (TPSA) is 87.7 Å². The maximum Gasteiger partial charge on any atom is 0.315 e. The third-order valence-corrected chi connectivity index (χ3v) is 2.26. The van der Waals surface area contributed by atoms with E-state index in [-0.39, 0.29) is 24.5 Å². The van der Waals surface area contributed by atoms with E-state index in [2.05, 4.69) is 10.6 Å². The van der Waals surface area contributed by atoms with Gasteiger partial charge in [-0.1, -0.05) is 0 Å². The molecule has 1 unspecified atom stereocenters. The number of nitrogens with one attached hydrogen (secondary N) is 2. The monoisotopic (exact) mass is 216 g/mol. The summed E-state index contributed by atoms with van der Waals surface area (Å²) >= 11 is 0. The quantitative estimate of drug-likeness (QED) is 0.614. The van der Waals surface area contributed by atoms with Crippen molar-refractivity contribution < 1.29 is 19.4 Å². The lowest BCUT2D eigenvalue weighted by atomic mass is 10.0. The van der Waals surface area contributed by atoms with E-state index >= 15 is 0 Å². The number of ether oxygens (including phenoxy) is 1. The fourth-order valence-electron chi connectivity index (χ4n) is 1.37. The zero-order valence-electron chi connectivity index (χ0n) is 8.71. The lowest BCUT2D eigenvalue weighted by Crippen LogP contribution is -2.50. The van der Waals surface area contributed by atoms with Gasteiger partial charge in [0.1, 0.15) is 0 Å². The van der Waals surface area contributed by atoms with Crippen LogP contribution in [0.2, 0.25) is 0 Å². The largest absolute Gasteiger partial charge is 0.481 e. The van der Waals surface area contributed by atoms with Crippen molar-refractivity contribution in [1.82, 2.24) is 10.6 Å². The van der Waals surface area contributed by atoms with Crippen LogP contribution in [0.15, 0.2) is 0 Å². The highest BCUT2D eigenvalue weighted by Gasteiger charge is 2.30. The van der Waals surface area contributed by atoms with Crippen molar-refractivity contribution in [2.45, 2.75) is 25.3 Å². The van der Waals surface area contributed by atoms with Crippen LogP contribution < -0.4 is 10.6 Å². The lowest BCUT2D eigenvalue weighted by molar-refractivity contribution is -0.136. The molecule has 1 aliphatic heterocycles. The number of aliphatic carboxylic acids is 1. The second-order valence-electron chi connectivity index (χ2n) is 3.89. The van der Waals surface area contributed by atoms with Gasteiger partial charge in [-0.25, -0.2) is 4.79 Å². The van der Waals surface area contributed by atoms with Gasteiger partial charge in [0, 0.05) is 13.2 Å². The molecule has 86 valence electrons. The molecule has 0 aromatic heterocycles. The Bertz CT molecular complexity index is 248. The van der Waals surface area contributed by atoms with Crippen molar-refractivity contribution >= 4 is 12.0 Å². The van der Waals surface area contributed by atoms with Crippen LogP contribution in [0.25, 0.3) is 0 Å². The maximum atomic E-state index is 11.3. The fraction of sp³-hybridized carbons (Fsp3) is 0.778. The second kappa shape index (κ2) is 4.97. The summed E-state index contributed by atoms with van der Waals surface area (Å²) in [5.74, 6) is -0.925. The van der Waals surface area contributed by atoms with E-state index in [1.807, 2.05) is 6.92 Å². The van der Waals surface area contributed by atoms with Gasteiger partial charge >= 0.3 is 12.0 Å². The number of hydrogen-bond donors (Lipinski definition) is 3. The zero-order chi connectivity index (χ0) is 11.3. The molecule has 2 amide bonds. The Morgan fingerprint density at radius 3 is 2.80 bits per heavy atom. The Morgan fingerprint density at radius 2 is 2.27 bits per heavy atom. The Balaban J connectivity index is 2.20. The summed E-state index contributed by atoms with van der Waals surface area (Å²) in [7, 11) is 0. The second-order valence-corrected chi connectivity index (χ2v) is 3.89. The van der Waals surface area contributed by atoms with Crippen molar-refractivity contribution in [3.63, 3.8) is 0 Å². The van der Waals surface area contributed by atoms with Crippen LogP contribution >= 0.6 is 0 Å². The van der Waals surface area contributed by atoms with Gasteiger partial charge in [0.15, 0.2) is 0 Å². The molecular formula is C9H16N2O4. The van der Waals surface area contributed by atoms with Crippen LogP contribution in [0.4, 0.5) is 4.79 Å². The summed E-state index contributed by atoms with van der Waals surface area (Å²) in [4.78, 5) is 21.5. The molecule has 1 heterocycles. The highest BCUT2D eigenvalue weighted by molar-refractivity contribution is 5.75. The minimum atomic E-state index is -0.925. The molecule has 1 atom stereocenters. The lowest BCUT2D eigenvalue weighted by Gasteiger charge is -2.23. The molecule has 1 aliphatic rings. The number of carbonyl (C=O) groups is 2. The summed E-state index contributed by atoms with van der Waals surface area (Å²) in [6, 6.07) is -0.343. The van der Waals surface area contributed by atoms with Gasteiger partial charge < -0.3 is 20.5 Å². The van der Waals surface area contributed by atoms with E-state index in [1.54, 1.807) is 0 Å². The minimum Gasteiger partial charge on any atom is -0.481 e. The SMILES string of the molecule is CC1(NC(=O)NCCC(=O)O)CCOC1. The van der Waals surface area contributed by atoms with Crippen molar-refractivity contribution in [1.29, 1.82) is 0 Å². The first kappa shape index (κ1) is 11.8. The van der Waals surface area contributed by atoms with Gasteiger partial charge in [-0.05, 0) is 13.3 Å². The third-order valence-electron chi connectivity index (χ3n) is 2.26. The predicted molar refractivity (Wildman–Crippen MR) is 52.6 cm³/mol. The molecule has 3 N–H and O–H groups in total. The third kappa shape index (κ3) is 4.16. The van der Waals surface area contributed by atoms with E-state index in [0.717, 1.165) is 6.42 Å². The van der Waals surface area contributed by atoms with E-state index in [9.17, 15) is 9.59 Å². The maximum absolute atomic E-state index is 11.3. The molecule has 0 aliphatic carbocycles. The number of carboxylic acid groups (broad SMARTS) is 1. The van der Waals surface area contributed by atoms with Gasteiger partial charge in [-0.3, -0.25) is 4.79 Å². The molecule has 6 nitrogen and oxygen atoms in total. The Labute approximate surface area is 88.0 Å². The van der Waals surface area contributed by atoms with Crippen LogP contribution in [0, 0.1) is 0 Å². The normalized spacial score (nSPS) is 24.9. The summed E-state index contributed by atoms with van der Waals surface area (Å²) in [5, 5.41) is 13.6. The van der Waals surface area contributed by atoms with E-state index in [0.29, 0.717) is 13.2 Å². The Morgan fingerprint density at radius 1 is 1.53 bits per heavy atom. The van der Waals surface area contributed by atoms with Gasteiger partial charge in [0.25, 0.3) is 0 Å². The van der Waals surface area contributed by atoms with Gasteiger partial charge in [-0.2, -0.15) is 0 Å². The average molecular weight is 216 g/mol. The summed E-state index contributed by atoms with van der Waals surface area (Å²) in [6.45, 7) is 3.18. The summed E-state index contributed by atoms with van der Waals surface area (Å²) in [5.41, 5.74) is -0.326. The van der Waals surface area contributed by atoms with Crippen molar-refractivity contribution in [2.24, 2.45) is 0 Å². The molecule has 0 radical (unpaired) electrons. The van der Waals surface area contributed by atoms with E-state index in [1.165, 1.54) is 0 Å². The number of hydrogen-bond acceptors (Lipinski definition) is 3. The first-order valence-electron chi connectivity index (χ1n) is 4.87. The molecule has 1 fully saturated rings. The molecule has 0 bridgehead atoms. The highest BCUT2D eigenvalue weighted by atomic mass is 16.5. The van der Waals surface area contributed by atoms with E-state index in [4.69, 9.17) is 9.84 Å². The van der Waals surface area contributed by atoms with Crippen molar-refractivity contribution in [3.8, 4) is 0 Å². The predicted octanol–water partition coefficient (Wildman–Crippen LogP) is -0.0607. The number of carboxylic acids is 1. The molecule has 0 aromatic carbocycles. The zero-order valence-corrected chi connectivity index (χ0v) is 8.71. The molecule has 1 saturated heterocycles. The molecular weight excluding hydrogens is 200 g/mol. The smallest absolute Gasteiger partial charge is 0.315 e. The fourth-order valence-corrected chi connectivity index (χ4v) is 1.37. The molecule has 0 saturated carbocycles. The average Bonchev–Trinajstić information content (AvgIpc) is 2.50. The van der Waals surface area contributed by atoms with Crippen LogP contribution in [0.5, 0.6) is 0 Å². The van der Waals surface area contributed by atoms with Crippen molar-refractivity contribution in [3.05, 3.63) is 0 Å². The molecule has 0 aromatic rings. The van der Waals surface area contributed by atoms with Gasteiger partial charge in [0.05, 0.1) is 18.6 Å². The van der Waals surface area contributed by atoms with Crippen LogP contribution in [0.3, 0.4) is 0 Å². The standard InChI is InChI=1S/C9H16N2O4/c1-9(3-5-15-6-9)11-8(14)10-4-2-7(12)13/h2-6H2,1H3,(H,12,13)(H2,10,11,14). The molecule has 15 heavy (non-hydrogen) atoms. The highest BCUT2D eigenvalue weighted by Crippen LogP contribution is 2.16. The van der Waals surface area contributed by atoms with Gasteiger partial charge in [0.2, 0.25) is 0 Å². The van der Waals surface area contributed by atoms with Crippen LogP contribution in [-0.2, 0) is 9.53 Å². The molecule has 0 spiro atoms. The van der Waals surface area contributed by atoms with E-state index < -0.39 is 5.97 Å². The number of urea groups is 1. The molecule has 1 rings (SSSR count). The van der Waals surface area contributed by atoms with Gasteiger partial charge in [-0.15, -0.1) is 0 Å². The number of amides is 2. The Kier molecular flexibility index (Phi) is 3.90. The summed E-state index contributed by atoms with van der Waals surface area (Å²) < 4.78 is 5.17. The first-order valence-corrected chi connectivity index (χ1v) is 4.87. The summed E-state index contributed by atoms with van der Waals surface area (Å²) in [6.07, 6.45) is 0.708. The Hall–Kier alpha value is -1.30. The van der Waals surface area contributed by atoms with Crippen LogP contribution in [-0.4, -0.2) is 42.4 Å². The van der Waals surface area contributed by atoms with Crippen molar-refractivity contribution in [2.75, 3.05) is 19.8 Å². The molecule has 6 heteroatoms. The number of rotatable bonds is 4. The minimum absolute atomic E-state index is 0.0688. The first-order chi connectivity index (χ1) is 7.02.